The molecule has 0 radical (unpaired) electrons. The lowest BCUT2D eigenvalue weighted by Gasteiger charge is -2.03. The van der Waals surface area contributed by atoms with E-state index in [2.05, 4.69) is 15.6 Å². The largest absolute Gasteiger partial charge is 0.467 e. The fourth-order valence-corrected chi connectivity index (χ4v) is 2.02. The molecule has 0 fully saturated rings. The zero-order valence-corrected chi connectivity index (χ0v) is 10.1. The second-order valence-corrected chi connectivity index (χ2v) is 4.14. The molecule has 0 saturated heterocycles. The molecule has 1 aromatic carbocycles. The zero-order chi connectivity index (χ0) is 12.4. The van der Waals surface area contributed by atoms with Crippen LogP contribution in [0, 0.1) is 0 Å². The Kier molecular flexibility index (Phi) is 2.82. The van der Waals surface area contributed by atoms with Crippen molar-refractivity contribution in [2.24, 2.45) is 0 Å². The van der Waals surface area contributed by atoms with Gasteiger partial charge in [0.1, 0.15) is 17.8 Å². The first-order valence-corrected chi connectivity index (χ1v) is 5.86. The lowest BCUT2D eigenvalue weighted by molar-refractivity contribution is 0.473. The van der Waals surface area contributed by atoms with E-state index in [-0.39, 0.29) is 0 Å². The fraction of sp³-hybridized carbons (Fsp3) is 0.231. The molecule has 0 bridgehead atoms. The predicted octanol–water partition coefficient (Wildman–Crippen LogP) is 1.79. The van der Waals surface area contributed by atoms with Crippen molar-refractivity contribution in [1.82, 2.24) is 20.3 Å². The van der Waals surface area contributed by atoms with E-state index in [4.69, 9.17) is 4.42 Å². The number of fused-ring (bicyclic) bond motifs is 1. The minimum absolute atomic E-state index is 0.602. The van der Waals surface area contributed by atoms with Gasteiger partial charge in [-0.3, -0.25) is 0 Å². The normalized spacial score (nSPS) is 11.2. The Hall–Kier alpha value is -2.14. The number of hydrogen-bond donors (Lipinski definition) is 1. The van der Waals surface area contributed by atoms with Gasteiger partial charge in [-0.05, 0) is 25.2 Å². The molecule has 0 amide bonds. The highest BCUT2D eigenvalue weighted by Crippen LogP contribution is 2.15. The van der Waals surface area contributed by atoms with Gasteiger partial charge in [0.15, 0.2) is 0 Å². The van der Waals surface area contributed by atoms with Gasteiger partial charge in [-0.1, -0.05) is 17.3 Å². The number of para-hydroxylation sites is 1. The minimum Gasteiger partial charge on any atom is -0.467 e. The first-order valence-electron chi connectivity index (χ1n) is 5.86. The third kappa shape index (κ3) is 1.89. The fourth-order valence-electron chi connectivity index (χ4n) is 2.02. The molecule has 0 aliphatic rings. The SMILES string of the molecule is CNCc1ccoc1Cn1nnc2ccccc21. The van der Waals surface area contributed by atoms with E-state index in [0.717, 1.165) is 28.9 Å². The van der Waals surface area contributed by atoms with E-state index in [0.29, 0.717) is 6.54 Å². The van der Waals surface area contributed by atoms with Crippen LogP contribution < -0.4 is 5.32 Å². The number of hydrogen-bond acceptors (Lipinski definition) is 4. The maximum absolute atomic E-state index is 5.51. The summed E-state index contributed by atoms with van der Waals surface area (Å²) in [6.07, 6.45) is 1.71. The predicted molar refractivity (Wildman–Crippen MR) is 68.1 cm³/mol. The van der Waals surface area contributed by atoms with Crippen molar-refractivity contribution >= 4 is 11.0 Å². The first-order chi connectivity index (χ1) is 8.88. The maximum Gasteiger partial charge on any atom is 0.129 e. The van der Waals surface area contributed by atoms with Gasteiger partial charge in [-0.2, -0.15) is 0 Å². The summed E-state index contributed by atoms with van der Waals surface area (Å²) in [6.45, 7) is 1.39. The molecule has 5 heteroatoms. The number of aromatic nitrogens is 3. The third-order valence-corrected chi connectivity index (χ3v) is 2.92. The van der Waals surface area contributed by atoms with Gasteiger partial charge in [0.25, 0.3) is 0 Å². The number of nitrogens with one attached hydrogen (secondary N) is 1. The van der Waals surface area contributed by atoms with Gasteiger partial charge in [0.05, 0.1) is 11.8 Å². The Morgan fingerprint density at radius 1 is 1.28 bits per heavy atom. The molecular weight excluding hydrogens is 228 g/mol. The van der Waals surface area contributed by atoms with Crippen molar-refractivity contribution in [3.05, 3.63) is 47.9 Å². The number of benzene rings is 1. The van der Waals surface area contributed by atoms with E-state index < -0.39 is 0 Å². The average Bonchev–Trinajstić information content (AvgIpc) is 2.99. The summed E-state index contributed by atoms with van der Waals surface area (Å²) >= 11 is 0. The van der Waals surface area contributed by atoms with Gasteiger partial charge in [0.2, 0.25) is 0 Å². The summed E-state index contributed by atoms with van der Waals surface area (Å²) in [4.78, 5) is 0. The molecule has 0 aliphatic heterocycles. The molecule has 0 atom stereocenters. The number of rotatable bonds is 4. The van der Waals surface area contributed by atoms with Crippen molar-refractivity contribution in [2.75, 3.05) is 7.05 Å². The molecule has 5 nitrogen and oxygen atoms in total. The summed E-state index contributed by atoms with van der Waals surface area (Å²) < 4.78 is 7.37. The third-order valence-electron chi connectivity index (χ3n) is 2.92. The van der Waals surface area contributed by atoms with Crippen LogP contribution in [0.1, 0.15) is 11.3 Å². The molecule has 18 heavy (non-hydrogen) atoms. The molecular formula is C13H14N4O. The monoisotopic (exact) mass is 242 g/mol. The van der Waals surface area contributed by atoms with E-state index in [1.807, 2.05) is 42.1 Å². The van der Waals surface area contributed by atoms with E-state index >= 15 is 0 Å². The topological polar surface area (TPSA) is 55.9 Å². The van der Waals surface area contributed by atoms with Crippen LogP contribution in [0.5, 0.6) is 0 Å². The van der Waals surface area contributed by atoms with Gasteiger partial charge in [-0.25, -0.2) is 4.68 Å². The van der Waals surface area contributed by atoms with Gasteiger partial charge in [0, 0.05) is 12.1 Å². The number of furan rings is 1. The quantitative estimate of drug-likeness (QED) is 0.757. The van der Waals surface area contributed by atoms with Crippen LogP contribution in [-0.2, 0) is 13.1 Å². The van der Waals surface area contributed by atoms with Crippen molar-refractivity contribution < 1.29 is 4.42 Å². The van der Waals surface area contributed by atoms with Crippen LogP contribution in [0.2, 0.25) is 0 Å². The van der Waals surface area contributed by atoms with Gasteiger partial charge in [-0.15, -0.1) is 5.10 Å². The summed E-state index contributed by atoms with van der Waals surface area (Å²) in [6, 6.07) is 9.88. The Bertz CT molecular complexity index is 656. The second kappa shape index (κ2) is 4.62. The molecule has 0 unspecified atom stereocenters. The Morgan fingerprint density at radius 3 is 3.06 bits per heavy atom. The zero-order valence-electron chi connectivity index (χ0n) is 10.1. The van der Waals surface area contributed by atoms with Crippen LogP contribution in [0.3, 0.4) is 0 Å². The minimum atomic E-state index is 0.602. The summed E-state index contributed by atoms with van der Waals surface area (Å²) in [5.74, 6) is 0.917. The lowest BCUT2D eigenvalue weighted by atomic mass is 10.2. The molecule has 0 saturated carbocycles. The lowest BCUT2D eigenvalue weighted by Crippen LogP contribution is -2.08. The van der Waals surface area contributed by atoms with Crippen LogP contribution in [0.15, 0.2) is 41.0 Å². The molecule has 2 aromatic heterocycles. The summed E-state index contributed by atoms with van der Waals surface area (Å²) in [7, 11) is 1.92. The highest BCUT2D eigenvalue weighted by molar-refractivity contribution is 5.73. The van der Waals surface area contributed by atoms with E-state index in [1.165, 1.54) is 0 Å². The van der Waals surface area contributed by atoms with Crippen molar-refractivity contribution in [3.63, 3.8) is 0 Å². The Labute approximate surface area is 104 Å². The molecule has 2 heterocycles. The molecule has 0 aliphatic carbocycles. The van der Waals surface area contributed by atoms with Crippen LogP contribution in [0.25, 0.3) is 11.0 Å². The van der Waals surface area contributed by atoms with Gasteiger partial charge >= 0.3 is 0 Å². The second-order valence-electron chi connectivity index (χ2n) is 4.14. The number of nitrogens with zero attached hydrogens (tertiary/aromatic N) is 3. The smallest absolute Gasteiger partial charge is 0.129 e. The van der Waals surface area contributed by atoms with Crippen molar-refractivity contribution in [3.8, 4) is 0 Å². The van der Waals surface area contributed by atoms with E-state index in [1.54, 1.807) is 6.26 Å². The standard InChI is InChI=1S/C13H14N4O/c1-14-8-10-6-7-18-13(10)9-17-12-5-3-2-4-11(12)15-16-17/h2-7,14H,8-9H2,1H3. The van der Waals surface area contributed by atoms with Crippen molar-refractivity contribution in [2.45, 2.75) is 13.1 Å². The maximum atomic E-state index is 5.51. The Balaban J connectivity index is 1.94. The first kappa shape index (κ1) is 11.0. The highest BCUT2D eigenvalue weighted by Gasteiger charge is 2.09. The summed E-state index contributed by atoms with van der Waals surface area (Å²) in [5, 5.41) is 11.4. The van der Waals surface area contributed by atoms with Crippen LogP contribution >= 0.6 is 0 Å². The van der Waals surface area contributed by atoms with Crippen molar-refractivity contribution in [1.29, 1.82) is 0 Å². The van der Waals surface area contributed by atoms with E-state index in [9.17, 15) is 0 Å². The molecule has 0 spiro atoms. The molecule has 92 valence electrons. The molecule has 3 rings (SSSR count). The van der Waals surface area contributed by atoms with Gasteiger partial charge < -0.3 is 9.73 Å². The van der Waals surface area contributed by atoms with Crippen LogP contribution in [0.4, 0.5) is 0 Å². The molecule has 3 aromatic rings. The Morgan fingerprint density at radius 2 is 2.17 bits per heavy atom. The average molecular weight is 242 g/mol. The summed E-state index contributed by atoms with van der Waals surface area (Å²) in [5.41, 5.74) is 3.07. The van der Waals surface area contributed by atoms with Crippen LogP contribution in [-0.4, -0.2) is 22.0 Å². The highest BCUT2D eigenvalue weighted by atomic mass is 16.3. The molecule has 1 N–H and O–H groups in total.